The molecule has 3 N–H and O–H groups in total. The number of hydrogen-bond acceptors (Lipinski definition) is 7. The van der Waals surface area contributed by atoms with Crippen LogP contribution in [0.3, 0.4) is 0 Å². The Kier molecular flexibility index (Phi) is 4.78. The Morgan fingerprint density at radius 1 is 1.14 bits per heavy atom. The number of hydrogen-bond donors (Lipinski definition) is 2. The molecule has 0 saturated heterocycles. The van der Waals surface area contributed by atoms with Gasteiger partial charge in [-0.05, 0) is 30.3 Å². The maximum absolute atomic E-state index is 13.0. The minimum atomic E-state index is -0.492. The second kappa shape index (κ2) is 7.55. The van der Waals surface area contributed by atoms with E-state index in [1.165, 1.54) is 24.3 Å². The molecule has 29 heavy (non-hydrogen) atoms. The van der Waals surface area contributed by atoms with E-state index in [4.69, 9.17) is 10.5 Å². The van der Waals surface area contributed by atoms with Gasteiger partial charge in [-0.25, -0.2) is 9.18 Å². The number of carbonyl (C=O) groups is 1. The zero-order valence-corrected chi connectivity index (χ0v) is 15.5. The van der Waals surface area contributed by atoms with E-state index in [2.05, 4.69) is 20.3 Å². The summed E-state index contributed by atoms with van der Waals surface area (Å²) in [7, 11) is 1.86. The standard InChI is InChI=1S/C20H17FN6O2/c1-27-10-15(14-4-2-3-5-16(14)27)18(28)29-11-17-24-19(22)26-20(25-17)23-13-8-6-12(21)7-9-13/h2-10H,11H2,1H3,(H3,22,23,24,25,26). The van der Waals surface area contributed by atoms with Crippen LogP contribution in [0.4, 0.5) is 22.0 Å². The summed E-state index contributed by atoms with van der Waals surface area (Å²) in [6.45, 7) is -0.174. The van der Waals surface area contributed by atoms with Crippen molar-refractivity contribution in [2.75, 3.05) is 11.1 Å². The van der Waals surface area contributed by atoms with Gasteiger partial charge >= 0.3 is 5.97 Å². The molecule has 8 nitrogen and oxygen atoms in total. The van der Waals surface area contributed by atoms with Crippen molar-refractivity contribution in [3.8, 4) is 0 Å². The lowest BCUT2D eigenvalue weighted by atomic mass is 10.2. The Hall–Kier alpha value is -4.01. The maximum Gasteiger partial charge on any atom is 0.340 e. The largest absolute Gasteiger partial charge is 0.454 e. The van der Waals surface area contributed by atoms with Crippen LogP contribution in [-0.2, 0) is 18.4 Å². The molecular formula is C20H17FN6O2. The molecule has 9 heteroatoms. The van der Waals surface area contributed by atoms with Gasteiger partial charge in [0.2, 0.25) is 11.9 Å². The molecule has 0 atom stereocenters. The van der Waals surface area contributed by atoms with Crippen LogP contribution in [0.2, 0.25) is 0 Å². The number of esters is 1. The van der Waals surface area contributed by atoms with E-state index in [0.717, 1.165) is 10.9 Å². The van der Waals surface area contributed by atoms with Crippen molar-refractivity contribution in [3.05, 3.63) is 71.9 Å². The third-order valence-electron chi connectivity index (χ3n) is 4.25. The van der Waals surface area contributed by atoms with Gasteiger partial charge in [-0.15, -0.1) is 0 Å². The van der Waals surface area contributed by atoms with E-state index in [-0.39, 0.29) is 30.1 Å². The van der Waals surface area contributed by atoms with Crippen molar-refractivity contribution in [3.63, 3.8) is 0 Å². The lowest BCUT2D eigenvalue weighted by molar-refractivity contribution is 0.0464. The van der Waals surface area contributed by atoms with Crippen molar-refractivity contribution >= 4 is 34.5 Å². The first-order valence-electron chi connectivity index (χ1n) is 8.74. The number of nitrogens with two attached hydrogens (primary N) is 1. The quantitative estimate of drug-likeness (QED) is 0.502. The predicted octanol–water partition coefficient (Wildman–Crippen LogP) is 3.19. The molecule has 0 unspecified atom stereocenters. The molecule has 0 saturated carbocycles. The fourth-order valence-electron chi connectivity index (χ4n) is 2.93. The molecule has 0 fully saturated rings. The summed E-state index contributed by atoms with van der Waals surface area (Å²) in [5.41, 5.74) is 7.68. The number of halogens is 1. The maximum atomic E-state index is 13.0. The van der Waals surface area contributed by atoms with Gasteiger partial charge in [-0.1, -0.05) is 18.2 Å². The van der Waals surface area contributed by atoms with E-state index >= 15 is 0 Å². The van der Waals surface area contributed by atoms with Gasteiger partial charge in [0, 0.05) is 29.8 Å². The molecule has 0 amide bonds. The third kappa shape index (κ3) is 3.98. The molecular weight excluding hydrogens is 375 g/mol. The van der Waals surface area contributed by atoms with E-state index in [0.29, 0.717) is 11.3 Å². The number of aryl methyl sites for hydroxylation is 1. The fraction of sp³-hybridized carbons (Fsp3) is 0.100. The number of carbonyl (C=O) groups excluding carboxylic acids is 1. The Labute approximate surface area is 165 Å². The summed E-state index contributed by atoms with van der Waals surface area (Å²) in [4.78, 5) is 24.7. The molecule has 146 valence electrons. The van der Waals surface area contributed by atoms with E-state index in [9.17, 15) is 9.18 Å². The average molecular weight is 392 g/mol. The molecule has 0 aliphatic heterocycles. The monoisotopic (exact) mass is 392 g/mol. The molecule has 4 rings (SSSR count). The van der Waals surface area contributed by atoms with Crippen LogP contribution in [0.25, 0.3) is 10.9 Å². The van der Waals surface area contributed by atoms with Gasteiger partial charge in [-0.2, -0.15) is 15.0 Å². The van der Waals surface area contributed by atoms with Crippen molar-refractivity contribution in [2.45, 2.75) is 6.61 Å². The van der Waals surface area contributed by atoms with E-state index in [1.54, 1.807) is 6.20 Å². The Balaban J connectivity index is 1.50. The Morgan fingerprint density at radius 2 is 1.90 bits per heavy atom. The van der Waals surface area contributed by atoms with Crippen molar-refractivity contribution in [1.29, 1.82) is 0 Å². The molecule has 0 aliphatic rings. The van der Waals surface area contributed by atoms with Crippen molar-refractivity contribution < 1.29 is 13.9 Å². The molecule has 0 aliphatic carbocycles. The minimum absolute atomic E-state index is 0.0270. The van der Waals surface area contributed by atoms with Gasteiger partial charge in [-0.3, -0.25) is 0 Å². The summed E-state index contributed by atoms with van der Waals surface area (Å²) in [5, 5.41) is 3.71. The first-order chi connectivity index (χ1) is 14.0. The lowest BCUT2D eigenvalue weighted by Gasteiger charge is -2.08. The lowest BCUT2D eigenvalue weighted by Crippen LogP contribution is -2.11. The zero-order chi connectivity index (χ0) is 20.4. The van der Waals surface area contributed by atoms with Crippen LogP contribution < -0.4 is 11.1 Å². The Bertz CT molecular complexity index is 1190. The van der Waals surface area contributed by atoms with Crippen molar-refractivity contribution in [2.24, 2.45) is 7.05 Å². The van der Waals surface area contributed by atoms with Crippen LogP contribution in [-0.4, -0.2) is 25.5 Å². The van der Waals surface area contributed by atoms with E-state index < -0.39 is 5.97 Å². The summed E-state index contributed by atoms with van der Waals surface area (Å²) in [6, 6.07) is 13.2. The molecule has 2 aromatic carbocycles. The van der Waals surface area contributed by atoms with Gasteiger partial charge in [0.15, 0.2) is 12.4 Å². The number of para-hydroxylation sites is 1. The number of anilines is 3. The summed E-state index contributed by atoms with van der Waals surface area (Å²) >= 11 is 0. The van der Waals surface area contributed by atoms with E-state index in [1.807, 2.05) is 35.9 Å². The number of aromatic nitrogens is 4. The average Bonchev–Trinajstić information content (AvgIpc) is 3.05. The molecule has 0 radical (unpaired) electrons. The van der Waals surface area contributed by atoms with Gasteiger partial charge in [0.05, 0.1) is 5.56 Å². The summed E-state index contributed by atoms with van der Waals surface area (Å²) < 4.78 is 20.3. The molecule has 2 aromatic heterocycles. The van der Waals surface area contributed by atoms with Gasteiger partial charge in [0.1, 0.15) is 5.82 Å². The van der Waals surface area contributed by atoms with Crippen LogP contribution >= 0.6 is 0 Å². The second-order valence-electron chi connectivity index (χ2n) is 6.31. The van der Waals surface area contributed by atoms with Crippen LogP contribution in [0.5, 0.6) is 0 Å². The highest BCUT2D eigenvalue weighted by molar-refractivity contribution is 6.04. The van der Waals surface area contributed by atoms with Gasteiger partial charge < -0.3 is 20.4 Å². The molecule has 4 aromatic rings. The predicted molar refractivity (Wildman–Crippen MR) is 106 cm³/mol. The molecule has 0 bridgehead atoms. The highest BCUT2D eigenvalue weighted by Crippen LogP contribution is 2.21. The fourth-order valence-corrected chi connectivity index (χ4v) is 2.93. The van der Waals surface area contributed by atoms with Crippen LogP contribution in [0.1, 0.15) is 16.2 Å². The minimum Gasteiger partial charge on any atom is -0.454 e. The number of nitrogens with zero attached hydrogens (tertiary/aromatic N) is 4. The van der Waals surface area contributed by atoms with Crippen LogP contribution in [0.15, 0.2) is 54.7 Å². The second-order valence-corrected chi connectivity index (χ2v) is 6.31. The normalized spacial score (nSPS) is 10.8. The molecule has 2 heterocycles. The number of nitrogens with one attached hydrogen (secondary N) is 1. The zero-order valence-electron chi connectivity index (χ0n) is 15.5. The topological polar surface area (TPSA) is 108 Å². The SMILES string of the molecule is Cn1cc(C(=O)OCc2nc(N)nc(Nc3ccc(F)cc3)n2)c2ccccc21. The highest BCUT2D eigenvalue weighted by atomic mass is 19.1. The van der Waals surface area contributed by atoms with Crippen molar-refractivity contribution in [1.82, 2.24) is 19.5 Å². The number of ether oxygens (including phenoxy) is 1. The summed E-state index contributed by atoms with van der Waals surface area (Å²) in [5.74, 6) is -0.516. The third-order valence-corrected chi connectivity index (χ3v) is 4.25. The smallest absolute Gasteiger partial charge is 0.340 e. The molecule has 0 spiro atoms. The highest BCUT2D eigenvalue weighted by Gasteiger charge is 2.16. The summed E-state index contributed by atoms with van der Waals surface area (Å²) in [6.07, 6.45) is 1.72. The van der Waals surface area contributed by atoms with Crippen LogP contribution in [0, 0.1) is 5.82 Å². The first kappa shape index (κ1) is 18.4. The first-order valence-corrected chi connectivity index (χ1v) is 8.74. The van der Waals surface area contributed by atoms with Gasteiger partial charge in [0.25, 0.3) is 0 Å². The number of fused-ring (bicyclic) bond motifs is 1. The number of rotatable bonds is 5. The Morgan fingerprint density at radius 3 is 2.69 bits per heavy atom. The number of benzene rings is 2. The number of nitrogen functional groups attached to an aromatic ring is 1.